The molecule has 56 heavy (non-hydrogen) atoms. The van der Waals surface area contributed by atoms with Crippen molar-refractivity contribution in [3.63, 3.8) is 0 Å². The molecule has 26 heteroatoms. The first-order valence-corrected chi connectivity index (χ1v) is 24.2. The maximum Gasteiger partial charge on any atom is 0.269 e. The average Bonchev–Trinajstić information content (AvgIpc) is 3.16. The van der Waals surface area contributed by atoms with Crippen molar-refractivity contribution < 1.29 is 74.9 Å². The lowest BCUT2D eigenvalue weighted by Gasteiger charge is -2.48. The number of fused-ring (bicyclic) bond motifs is 3. The molecule has 0 aromatic heterocycles. The van der Waals surface area contributed by atoms with Crippen molar-refractivity contribution in [3.05, 3.63) is 0 Å². The van der Waals surface area contributed by atoms with Crippen molar-refractivity contribution in [1.29, 1.82) is 0 Å². The third kappa shape index (κ3) is 10.7. The van der Waals surface area contributed by atoms with E-state index in [0.717, 1.165) is 56.2 Å². The summed E-state index contributed by atoms with van der Waals surface area (Å²) in [7, 11) is -8.78. The average molecular weight is 898 g/mol. The molecule has 21 nitrogen and oxygen atoms in total. The Balaban J connectivity index is 1.18. The van der Waals surface area contributed by atoms with Crippen LogP contribution in [0.4, 0.5) is 0 Å². The normalized spacial score (nSPS) is 43.7. The van der Waals surface area contributed by atoms with E-state index in [2.05, 4.69) is 20.2 Å². The standard InChI is InChI=1S/C30H51N5O16S5/c31-22-13-19-14(10-28(22)56(43,44)45)9-27(54-51-48-39)29(30(19)36)35-34-25-6-5-23(17-4-2-16(12-20(17)25)55(40,41)42)32-33-24-7-8-26(53-50-47-38)21-11-15(52-49-46-37)1-3-18(21)24/h14-30,36-39H,1-13,31H2,(H,40,41,42)(H,43,44,45). The molecule has 6 fully saturated rings. The predicted octanol–water partition coefficient (Wildman–Crippen LogP) is 4.73. The van der Waals surface area contributed by atoms with E-state index in [1.807, 2.05) is 0 Å². The van der Waals surface area contributed by atoms with E-state index in [9.17, 15) is 31.0 Å². The van der Waals surface area contributed by atoms with Gasteiger partial charge in [-0.3, -0.25) is 9.11 Å². The van der Waals surface area contributed by atoms with Gasteiger partial charge < -0.3 is 10.8 Å². The fourth-order valence-corrected chi connectivity index (χ4v) is 14.9. The lowest BCUT2D eigenvalue weighted by molar-refractivity contribution is -0.432. The number of hydrogen-bond donors (Lipinski definition) is 7. The van der Waals surface area contributed by atoms with Gasteiger partial charge in [-0.05, 0) is 119 Å². The molecule has 0 bridgehead atoms. The van der Waals surface area contributed by atoms with Gasteiger partial charge in [0.05, 0.1) is 34.7 Å². The van der Waals surface area contributed by atoms with Crippen LogP contribution in [0.1, 0.15) is 83.5 Å². The summed E-state index contributed by atoms with van der Waals surface area (Å²) >= 11 is 2.81. The number of nitrogens with two attached hydrogens (primary N) is 1. The van der Waals surface area contributed by atoms with Crippen molar-refractivity contribution in [3.8, 4) is 0 Å². The van der Waals surface area contributed by atoms with Crippen LogP contribution in [0.2, 0.25) is 0 Å². The molecule has 0 aliphatic heterocycles. The lowest BCUT2D eigenvalue weighted by atomic mass is 9.66. The summed E-state index contributed by atoms with van der Waals surface area (Å²) < 4.78 is 83.0. The van der Waals surface area contributed by atoms with Gasteiger partial charge in [0.1, 0.15) is 11.3 Å². The van der Waals surface area contributed by atoms with Crippen LogP contribution in [0.15, 0.2) is 20.5 Å². The molecule has 0 heterocycles. The molecular formula is C30H51N5O16S5. The quantitative estimate of drug-likeness (QED) is 0.0384. The molecule has 6 saturated carbocycles. The highest BCUT2D eigenvalue weighted by Crippen LogP contribution is 2.51. The van der Waals surface area contributed by atoms with E-state index >= 15 is 0 Å². The van der Waals surface area contributed by atoms with Gasteiger partial charge in [0.2, 0.25) is 0 Å². The van der Waals surface area contributed by atoms with Gasteiger partial charge in [0.15, 0.2) is 0 Å². The van der Waals surface area contributed by atoms with Crippen LogP contribution < -0.4 is 5.73 Å². The monoisotopic (exact) mass is 897 g/mol. The topological polar surface area (TPSA) is 320 Å². The summed E-state index contributed by atoms with van der Waals surface area (Å²) in [6.45, 7) is 0. The van der Waals surface area contributed by atoms with Gasteiger partial charge in [-0.25, -0.2) is 15.8 Å². The number of azo groups is 2. The molecule has 6 aliphatic carbocycles. The van der Waals surface area contributed by atoms with Crippen molar-refractivity contribution in [2.45, 2.75) is 146 Å². The molecule has 6 aliphatic rings. The van der Waals surface area contributed by atoms with Crippen LogP contribution in [0, 0.1) is 35.5 Å². The largest absolute Gasteiger partial charge is 0.390 e. The van der Waals surface area contributed by atoms with E-state index in [-0.39, 0.29) is 84.3 Å². The highest BCUT2D eigenvalue weighted by atomic mass is 32.2. The van der Waals surface area contributed by atoms with Crippen molar-refractivity contribution in [1.82, 2.24) is 0 Å². The molecule has 0 aromatic rings. The molecule has 0 amide bonds. The lowest BCUT2D eigenvalue weighted by Crippen LogP contribution is -2.57. The number of aliphatic hydroxyl groups is 1. The number of hydrogen-bond acceptors (Lipinski definition) is 22. The Morgan fingerprint density at radius 3 is 1.77 bits per heavy atom. The second-order valence-electron chi connectivity index (χ2n) is 16.0. The van der Waals surface area contributed by atoms with Gasteiger partial charge in [-0.2, -0.15) is 37.3 Å². The summed E-state index contributed by atoms with van der Waals surface area (Å²) in [4.78, 5) is 0. The van der Waals surface area contributed by atoms with E-state index < -0.39 is 66.1 Å². The van der Waals surface area contributed by atoms with Gasteiger partial charge in [-0.1, -0.05) is 15.1 Å². The molecule has 17 unspecified atom stereocenters. The number of aliphatic hydroxyl groups excluding tert-OH is 1. The van der Waals surface area contributed by atoms with Crippen molar-refractivity contribution >= 4 is 56.4 Å². The maximum atomic E-state index is 12.4. The van der Waals surface area contributed by atoms with Gasteiger partial charge in [-0.15, -0.1) is 13.0 Å². The highest BCUT2D eigenvalue weighted by molar-refractivity contribution is 7.95. The SMILES string of the molecule is NC1CC2C(CC(SOOO)C(N=NC3CCC(N=NC4CCC(SOOO)C5CC(SOOO)CCC45)C4CCC(S(=O)(=O)O)CC34)C2O)CC1S(=O)(=O)O. The molecule has 0 spiro atoms. The summed E-state index contributed by atoms with van der Waals surface area (Å²) in [5.74, 6) is -0.990. The zero-order valence-corrected chi connectivity index (χ0v) is 34.3. The first-order chi connectivity index (χ1) is 26.7. The van der Waals surface area contributed by atoms with Crippen LogP contribution >= 0.6 is 36.1 Å². The molecule has 8 N–H and O–H groups in total. The fourth-order valence-electron chi connectivity index (χ4n) is 10.7. The zero-order chi connectivity index (χ0) is 40.2. The van der Waals surface area contributed by atoms with E-state index in [0.29, 0.717) is 31.3 Å². The molecule has 6 rings (SSSR count). The van der Waals surface area contributed by atoms with Crippen LogP contribution in [-0.4, -0.2) is 109 Å². The number of rotatable bonds is 15. The van der Waals surface area contributed by atoms with Crippen LogP contribution in [0.3, 0.4) is 0 Å². The Bertz CT molecular complexity index is 1570. The van der Waals surface area contributed by atoms with E-state index in [4.69, 9.17) is 49.8 Å². The first-order valence-electron chi connectivity index (χ1n) is 18.8. The van der Waals surface area contributed by atoms with Crippen LogP contribution in [-0.2, 0) is 48.4 Å². The van der Waals surface area contributed by atoms with Crippen LogP contribution in [0.5, 0.6) is 0 Å². The Hall–Kier alpha value is -0.370. The first kappa shape index (κ1) is 45.2. The maximum absolute atomic E-state index is 12.4. The second-order valence-corrected chi connectivity index (χ2v) is 22.2. The summed E-state index contributed by atoms with van der Waals surface area (Å²) in [5, 5.41) is 65.9. The van der Waals surface area contributed by atoms with Gasteiger partial charge in [0.25, 0.3) is 20.2 Å². The highest BCUT2D eigenvalue weighted by Gasteiger charge is 2.52. The summed E-state index contributed by atoms with van der Waals surface area (Å²) in [5.41, 5.74) is 6.16. The predicted molar refractivity (Wildman–Crippen MR) is 199 cm³/mol. The second kappa shape index (κ2) is 20.0. The Morgan fingerprint density at radius 2 is 1.12 bits per heavy atom. The summed E-state index contributed by atoms with van der Waals surface area (Å²) in [6.07, 6.45) is 5.00. The Morgan fingerprint density at radius 1 is 0.554 bits per heavy atom. The molecular weight excluding hydrogens is 847 g/mol. The number of nitrogens with zero attached hydrogens (tertiary/aromatic N) is 4. The fraction of sp³-hybridized carbons (Fsp3) is 1.00. The third-order valence-corrected chi connectivity index (χ3v) is 18.5. The smallest absolute Gasteiger partial charge is 0.269 e. The zero-order valence-electron chi connectivity index (χ0n) is 30.2. The molecule has 322 valence electrons. The van der Waals surface area contributed by atoms with Gasteiger partial charge in [0, 0.05) is 52.7 Å². The van der Waals surface area contributed by atoms with Crippen LogP contribution in [0.25, 0.3) is 0 Å². The van der Waals surface area contributed by atoms with Crippen molar-refractivity contribution in [2.75, 3.05) is 0 Å². The van der Waals surface area contributed by atoms with E-state index in [1.54, 1.807) is 0 Å². The van der Waals surface area contributed by atoms with Crippen molar-refractivity contribution in [2.24, 2.45) is 61.7 Å². The summed E-state index contributed by atoms with van der Waals surface area (Å²) in [6, 6.07) is -2.58. The Kier molecular flexibility index (Phi) is 16.1. The minimum atomic E-state index is -4.43. The molecule has 17 atom stereocenters. The van der Waals surface area contributed by atoms with Gasteiger partial charge >= 0.3 is 0 Å². The third-order valence-electron chi connectivity index (χ3n) is 13.3. The Labute approximate surface area is 337 Å². The minimum absolute atomic E-state index is 0.00989. The van der Waals surface area contributed by atoms with E-state index in [1.165, 1.54) is 0 Å². The molecule has 0 radical (unpaired) electrons. The minimum Gasteiger partial charge on any atom is -0.390 e. The molecule has 0 aromatic carbocycles. The molecule has 0 saturated heterocycles.